The van der Waals surface area contributed by atoms with Crippen LogP contribution in [0.5, 0.6) is 0 Å². The van der Waals surface area contributed by atoms with E-state index < -0.39 is 9.84 Å². The SMILES string of the molecule is CCNC(=NCCCS(=O)(=O)c1ccccc1)NCCc1cccc(C(=O)N(C)C)c1. The summed E-state index contributed by atoms with van der Waals surface area (Å²) >= 11 is 0. The minimum atomic E-state index is -3.28. The number of nitrogens with one attached hydrogen (secondary N) is 2. The molecule has 0 aliphatic carbocycles. The van der Waals surface area contributed by atoms with E-state index in [1.54, 1.807) is 49.3 Å². The maximum atomic E-state index is 12.3. The van der Waals surface area contributed by atoms with Crippen LogP contribution in [0.15, 0.2) is 64.5 Å². The van der Waals surface area contributed by atoms with Crippen molar-refractivity contribution in [2.24, 2.45) is 4.99 Å². The van der Waals surface area contributed by atoms with Gasteiger partial charge < -0.3 is 15.5 Å². The maximum Gasteiger partial charge on any atom is 0.253 e. The van der Waals surface area contributed by atoms with Crippen molar-refractivity contribution < 1.29 is 13.2 Å². The molecule has 0 unspecified atom stereocenters. The Morgan fingerprint density at radius 3 is 2.45 bits per heavy atom. The van der Waals surface area contributed by atoms with Gasteiger partial charge in [-0.3, -0.25) is 9.79 Å². The number of hydrogen-bond acceptors (Lipinski definition) is 4. The van der Waals surface area contributed by atoms with Gasteiger partial charge in [0.1, 0.15) is 0 Å². The third-order valence-electron chi connectivity index (χ3n) is 4.57. The van der Waals surface area contributed by atoms with Crippen molar-refractivity contribution in [1.29, 1.82) is 0 Å². The van der Waals surface area contributed by atoms with Gasteiger partial charge in [-0.2, -0.15) is 0 Å². The molecule has 2 aromatic rings. The summed E-state index contributed by atoms with van der Waals surface area (Å²) in [6.07, 6.45) is 1.18. The fourth-order valence-corrected chi connectivity index (χ4v) is 4.29. The molecule has 0 saturated carbocycles. The lowest BCUT2D eigenvalue weighted by molar-refractivity contribution is 0.0827. The molecule has 2 aromatic carbocycles. The minimum Gasteiger partial charge on any atom is -0.357 e. The van der Waals surface area contributed by atoms with Crippen molar-refractivity contribution in [2.75, 3.05) is 39.5 Å². The van der Waals surface area contributed by atoms with Crippen LogP contribution in [0.25, 0.3) is 0 Å². The van der Waals surface area contributed by atoms with Gasteiger partial charge in [0.05, 0.1) is 10.6 Å². The third-order valence-corrected chi connectivity index (χ3v) is 6.39. The van der Waals surface area contributed by atoms with Gasteiger partial charge in [0.25, 0.3) is 5.91 Å². The molecule has 0 aromatic heterocycles. The molecule has 31 heavy (non-hydrogen) atoms. The first-order chi connectivity index (χ1) is 14.8. The zero-order chi connectivity index (χ0) is 22.7. The van der Waals surface area contributed by atoms with Crippen molar-refractivity contribution in [1.82, 2.24) is 15.5 Å². The molecule has 168 valence electrons. The molecule has 0 aliphatic heterocycles. The summed E-state index contributed by atoms with van der Waals surface area (Å²) in [6.45, 7) is 3.75. The highest BCUT2D eigenvalue weighted by molar-refractivity contribution is 7.91. The molecule has 2 N–H and O–H groups in total. The van der Waals surface area contributed by atoms with Crippen LogP contribution in [0, 0.1) is 0 Å². The predicted molar refractivity (Wildman–Crippen MR) is 125 cm³/mol. The molecule has 0 bridgehead atoms. The summed E-state index contributed by atoms with van der Waals surface area (Å²) < 4.78 is 24.7. The van der Waals surface area contributed by atoms with Gasteiger partial charge in [-0.15, -0.1) is 0 Å². The quantitative estimate of drug-likeness (QED) is 0.334. The first-order valence-electron chi connectivity index (χ1n) is 10.4. The van der Waals surface area contributed by atoms with Crippen molar-refractivity contribution in [2.45, 2.75) is 24.7 Å². The number of guanidine groups is 1. The summed E-state index contributed by atoms with van der Waals surface area (Å²) in [7, 11) is 0.192. The Morgan fingerprint density at radius 1 is 1.03 bits per heavy atom. The molecule has 7 nitrogen and oxygen atoms in total. The Balaban J connectivity index is 1.85. The second kappa shape index (κ2) is 12.1. The van der Waals surface area contributed by atoms with E-state index in [4.69, 9.17) is 0 Å². The van der Waals surface area contributed by atoms with E-state index in [0.29, 0.717) is 42.5 Å². The molecule has 0 fully saturated rings. The van der Waals surface area contributed by atoms with Crippen LogP contribution in [-0.2, 0) is 16.3 Å². The van der Waals surface area contributed by atoms with Crippen LogP contribution < -0.4 is 10.6 Å². The van der Waals surface area contributed by atoms with Gasteiger partial charge >= 0.3 is 0 Å². The molecule has 0 radical (unpaired) electrons. The molecule has 0 heterocycles. The Hall–Kier alpha value is -2.87. The van der Waals surface area contributed by atoms with Crippen molar-refractivity contribution in [3.63, 3.8) is 0 Å². The molecule has 0 aliphatic rings. The van der Waals surface area contributed by atoms with E-state index in [1.165, 1.54) is 0 Å². The minimum absolute atomic E-state index is 0.0184. The fourth-order valence-electron chi connectivity index (χ4n) is 2.98. The number of aliphatic imine (C=N–C) groups is 1. The zero-order valence-electron chi connectivity index (χ0n) is 18.5. The lowest BCUT2D eigenvalue weighted by Crippen LogP contribution is -2.38. The summed E-state index contributed by atoms with van der Waals surface area (Å²) in [5, 5.41) is 6.44. The van der Waals surface area contributed by atoms with E-state index >= 15 is 0 Å². The van der Waals surface area contributed by atoms with Crippen molar-refractivity contribution >= 4 is 21.7 Å². The van der Waals surface area contributed by atoms with Gasteiger partial charge in [-0.25, -0.2) is 8.42 Å². The largest absolute Gasteiger partial charge is 0.357 e. The summed E-state index contributed by atoms with van der Waals surface area (Å²) in [6, 6.07) is 16.1. The van der Waals surface area contributed by atoms with Gasteiger partial charge in [0.15, 0.2) is 15.8 Å². The van der Waals surface area contributed by atoms with Crippen molar-refractivity contribution in [3.05, 3.63) is 65.7 Å². The van der Waals surface area contributed by atoms with E-state index in [-0.39, 0.29) is 11.7 Å². The zero-order valence-corrected chi connectivity index (χ0v) is 19.3. The van der Waals surface area contributed by atoms with E-state index in [2.05, 4.69) is 15.6 Å². The van der Waals surface area contributed by atoms with Crippen LogP contribution in [0.2, 0.25) is 0 Å². The van der Waals surface area contributed by atoms with Crippen molar-refractivity contribution in [3.8, 4) is 0 Å². The Kier molecular flexibility index (Phi) is 9.52. The molecular formula is C23H32N4O3S. The number of carbonyl (C=O) groups excluding carboxylic acids is 1. The number of amides is 1. The fraction of sp³-hybridized carbons (Fsp3) is 0.391. The van der Waals surface area contributed by atoms with Crippen LogP contribution in [0.3, 0.4) is 0 Å². The molecule has 1 amide bonds. The highest BCUT2D eigenvalue weighted by atomic mass is 32.2. The average molecular weight is 445 g/mol. The third kappa shape index (κ3) is 8.05. The number of carbonyl (C=O) groups is 1. The number of benzene rings is 2. The summed E-state index contributed by atoms with van der Waals surface area (Å²) in [5.41, 5.74) is 1.73. The topological polar surface area (TPSA) is 90.9 Å². The summed E-state index contributed by atoms with van der Waals surface area (Å²) in [5.74, 6) is 0.697. The lowest BCUT2D eigenvalue weighted by Gasteiger charge is -2.13. The standard InChI is InChI=1S/C23H32N4O3S/c1-4-24-23(25-15-9-17-31(29,30)21-12-6-5-7-13-21)26-16-14-19-10-8-11-20(18-19)22(28)27(2)3/h5-8,10-13,18H,4,9,14-17H2,1-3H3,(H2,24,25,26). The number of sulfone groups is 1. The van der Waals surface area contributed by atoms with Gasteiger partial charge in [-0.05, 0) is 49.6 Å². The second-order valence-corrected chi connectivity index (χ2v) is 9.43. The van der Waals surface area contributed by atoms with Crippen LogP contribution >= 0.6 is 0 Å². The van der Waals surface area contributed by atoms with E-state index in [0.717, 1.165) is 12.0 Å². The van der Waals surface area contributed by atoms with Crippen LogP contribution in [0.4, 0.5) is 0 Å². The van der Waals surface area contributed by atoms with Gasteiger partial charge in [0, 0.05) is 39.3 Å². The summed E-state index contributed by atoms with van der Waals surface area (Å²) in [4.78, 5) is 18.5. The second-order valence-electron chi connectivity index (χ2n) is 7.32. The average Bonchev–Trinajstić information content (AvgIpc) is 2.77. The number of hydrogen-bond donors (Lipinski definition) is 2. The predicted octanol–water partition coefficient (Wildman–Crippen LogP) is 2.35. The van der Waals surface area contributed by atoms with Crippen LogP contribution in [-0.4, -0.2) is 64.7 Å². The lowest BCUT2D eigenvalue weighted by atomic mass is 10.1. The number of rotatable bonds is 10. The molecule has 2 rings (SSSR count). The number of nitrogens with zero attached hydrogens (tertiary/aromatic N) is 2. The Morgan fingerprint density at radius 2 is 1.77 bits per heavy atom. The van der Waals surface area contributed by atoms with E-state index in [9.17, 15) is 13.2 Å². The highest BCUT2D eigenvalue weighted by Gasteiger charge is 2.13. The first kappa shape index (κ1) is 24.4. The Labute approximate surface area is 185 Å². The smallest absolute Gasteiger partial charge is 0.253 e. The highest BCUT2D eigenvalue weighted by Crippen LogP contribution is 2.11. The van der Waals surface area contributed by atoms with E-state index in [1.807, 2.05) is 31.2 Å². The van der Waals surface area contributed by atoms with Gasteiger partial charge in [0.2, 0.25) is 0 Å². The van der Waals surface area contributed by atoms with Gasteiger partial charge in [-0.1, -0.05) is 30.3 Å². The maximum absolute atomic E-state index is 12.3. The monoisotopic (exact) mass is 444 g/mol. The first-order valence-corrected chi connectivity index (χ1v) is 12.1. The Bertz CT molecular complexity index is 973. The molecule has 0 atom stereocenters. The molecule has 0 saturated heterocycles. The molecule has 8 heteroatoms. The van der Waals surface area contributed by atoms with Crippen LogP contribution in [0.1, 0.15) is 29.3 Å². The normalized spacial score (nSPS) is 11.8. The molecular weight excluding hydrogens is 412 g/mol. The molecule has 0 spiro atoms.